The van der Waals surface area contributed by atoms with Gasteiger partial charge >= 0.3 is 5.97 Å². The van der Waals surface area contributed by atoms with E-state index >= 15 is 0 Å². The molecule has 1 aromatic heterocycles. The second kappa shape index (κ2) is 18.6. The van der Waals surface area contributed by atoms with Crippen molar-refractivity contribution in [2.24, 2.45) is 5.92 Å². The molecular formula is C39H49N3O5. The minimum absolute atomic E-state index is 0.0211. The number of methoxy groups -OCH3 is 1. The van der Waals surface area contributed by atoms with Gasteiger partial charge in [-0.2, -0.15) is 0 Å². The summed E-state index contributed by atoms with van der Waals surface area (Å²) in [6.45, 7) is 4.90. The van der Waals surface area contributed by atoms with E-state index in [2.05, 4.69) is 28.8 Å². The van der Waals surface area contributed by atoms with Gasteiger partial charge < -0.3 is 19.7 Å². The van der Waals surface area contributed by atoms with Crippen LogP contribution in [0.15, 0.2) is 66.7 Å². The number of rotatable bonds is 19. The van der Waals surface area contributed by atoms with Gasteiger partial charge in [0.05, 0.1) is 30.4 Å². The Morgan fingerprint density at radius 2 is 1.26 bits per heavy atom. The maximum Gasteiger partial charge on any atom is 0.338 e. The summed E-state index contributed by atoms with van der Waals surface area (Å²) >= 11 is 0. The average molecular weight is 640 g/mol. The first-order valence-electron chi connectivity index (χ1n) is 17.1. The molecule has 0 saturated heterocycles. The van der Waals surface area contributed by atoms with Crippen LogP contribution in [0.5, 0.6) is 17.2 Å². The van der Waals surface area contributed by atoms with Gasteiger partial charge in [0.2, 0.25) is 0 Å². The molecule has 47 heavy (non-hydrogen) atoms. The van der Waals surface area contributed by atoms with Crippen molar-refractivity contribution in [2.45, 2.75) is 90.9 Å². The molecule has 0 saturated carbocycles. The quantitative estimate of drug-likeness (QED) is 0.0770. The number of phenolic OH excluding ortho intramolecular Hbond substituents is 2. The van der Waals surface area contributed by atoms with E-state index in [1.165, 1.54) is 77.4 Å². The summed E-state index contributed by atoms with van der Waals surface area (Å²) in [6.07, 6.45) is 14.6. The summed E-state index contributed by atoms with van der Waals surface area (Å²) < 4.78 is 11.1. The molecule has 4 aromatic rings. The zero-order valence-corrected chi connectivity index (χ0v) is 28.1. The van der Waals surface area contributed by atoms with E-state index in [1.54, 1.807) is 60.7 Å². The number of hydrogen-bond donors (Lipinski definition) is 2. The number of esters is 1. The minimum atomic E-state index is -0.340. The molecule has 0 fully saturated rings. The second-order valence-electron chi connectivity index (χ2n) is 12.2. The summed E-state index contributed by atoms with van der Waals surface area (Å²) in [4.78, 5) is 27.0. The second-order valence-corrected chi connectivity index (χ2v) is 12.2. The lowest BCUT2D eigenvalue weighted by Gasteiger charge is -2.17. The van der Waals surface area contributed by atoms with Crippen LogP contribution >= 0.6 is 0 Å². The van der Waals surface area contributed by atoms with E-state index in [0.717, 1.165) is 12.8 Å². The smallest absolute Gasteiger partial charge is 0.338 e. The zero-order valence-electron chi connectivity index (χ0n) is 28.1. The van der Waals surface area contributed by atoms with Crippen LogP contribution in [0.4, 0.5) is 0 Å². The van der Waals surface area contributed by atoms with Crippen LogP contribution in [0.1, 0.15) is 101 Å². The number of phenols is 2. The van der Waals surface area contributed by atoms with Gasteiger partial charge in [0.1, 0.15) is 17.2 Å². The summed E-state index contributed by atoms with van der Waals surface area (Å²) in [7, 11) is 1.52. The molecule has 0 bridgehead atoms. The van der Waals surface area contributed by atoms with Crippen LogP contribution in [-0.2, 0) is 4.74 Å². The van der Waals surface area contributed by atoms with Crippen LogP contribution in [-0.4, -0.2) is 44.9 Å². The molecule has 0 aliphatic heterocycles. The highest BCUT2D eigenvalue weighted by Crippen LogP contribution is 2.34. The number of para-hydroxylation sites is 1. The van der Waals surface area contributed by atoms with Crippen molar-refractivity contribution in [1.29, 1.82) is 0 Å². The van der Waals surface area contributed by atoms with E-state index in [4.69, 9.17) is 9.47 Å². The van der Waals surface area contributed by atoms with Crippen LogP contribution in [0.3, 0.4) is 0 Å². The lowest BCUT2D eigenvalue weighted by molar-refractivity contribution is 0.0422. The molecule has 1 atom stereocenters. The molecule has 8 heteroatoms. The molecule has 0 aliphatic carbocycles. The normalized spacial score (nSPS) is 11.7. The van der Waals surface area contributed by atoms with Crippen LogP contribution in [0.2, 0.25) is 0 Å². The highest BCUT2D eigenvalue weighted by Gasteiger charge is 2.18. The fourth-order valence-corrected chi connectivity index (χ4v) is 5.65. The van der Waals surface area contributed by atoms with Gasteiger partial charge in [-0.15, -0.1) is 0 Å². The molecule has 4 rings (SSSR count). The van der Waals surface area contributed by atoms with Crippen LogP contribution < -0.4 is 4.74 Å². The number of aromatic hydroxyl groups is 2. The Hall–Kier alpha value is -4.46. The van der Waals surface area contributed by atoms with Gasteiger partial charge in [-0.1, -0.05) is 102 Å². The SMILES string of the molecule is CCCCCCCCC(CCCCCC)COC(=O)c1ccc(-c2nc(-c3ccccc3O)nc(-c3ccc(OC)cc3O)n2)cc1. The Balaban J connectivity index is 1.50. The van der Waals surface area contributed by atoms with Crippen molar-refractivity contribution in [3.63, 3.8) is 0 Å². The largest absolute Gasteiger partial charge is 0.507 e. The first kappa shape index (κ1) is 35.4. The zero-order chi connectivity index (χ0) is 33.4. The van der Waals surface area contributed by atoms with Crippen molar-refractivity contribution in [3.05, 3.63) is 72.3 Å². The number of hydrogen-bond acceptors (Lipinski definition) is 8. The van der Waals surface area contributed by atoms with Crippen molar-refractivity contribution in [2.75, 3.05) is 13.7 Å². The lowest BCUT2D eigenvalue weighted by atomic mass is 9.95. The van der Waals surface area contributed by atoms with Gasteiger partial charge in [0.25, 0.3) is 0 Å². The molecule has 1 heterocycles. The predicted molar refractivity (Wildman–Crippen MR) is 187 cm³/mol. The summed E-state index contributed by atoms with van der Waals surface area (Å²) in [6, 6.07) is 18.6. The Morgan fingerprint density at radius 3 is 1.87 bits per heavy atom. The van der Waals surface area contributed by atoms with Gasteiger partial charge in [-0.3, -0.25) is 0 Å². The molecule has 250 valence electrons. The first-order valence-corrected chi connectivity index (χ1v) is 17.1. The molecular weight excluding hydrogens is 590 g/mol. The van der Waals surface area contributed by atoms with E-state index in [1.807, 2.05) is 0 Å². The number of carbonyl (C=O) groups is 1. The van der Waals surface area contributed by atoms with E-state index < -0.39 is 0 Å². The number of ether oxygens (including phenoxy) is 2. The van der Waals surface area contributed by atoms with Crippen molar-refractivity contribution in [1.82, 2.24) is 15.0 Å². The van der Waals surface area contributed by atoms with Crippen molar-refractivity contribution in [3.8, 4) is 51.4 Å². The van der Waals surface area contributed by atoms with E-state index in [0.29, 0.717) is 46.4 Å². The molecule has 8 nitrogen and oxygen atoms in total. The number of carbonyl (C=O) groups excluding carboxylic acids is 1. The Bertz CT molecular complexity index is 1560. The fourth-order valence-electron chi connectivity index (χ4n) is 5.65. The van der Waals surface area contributed by atoms with Crippen molar-refractivity contribution < 1.29 is 24.5 Å². The molecule has 3 aromatic carbocycles. The number of unbranched alkanes of at least 4 members (excludes halogenated alkanes) is 8. The molecule has 0 aliphatic rings. The maximum absolute atomic E-state index is 13.1. The van der Waals surface area contributed by atoms with Gasteiger partial charge in [0, 0.05) is 11.6 Å². The van der Waals surface area contributed by atoms with Crippen LogP contribution in [0, 0.1) is 5.92 Å². The summed E-state index contributed by atoms with van der Waals surface area (Å²) in [5, 5.41) is 21.3. The van der Waals surface area contributed by atoms with Gasteiger partial charge in [0.15, 0.2) is 17.5 Å². The fraction of sp³-hybridized carbons (Fsp3) is 0.436. The lowest BCUT2D eigenvalue weighted by Crippen LogP contribution is -2.15. The molecule has 2 N–H and O–H groups in total. The summed E-state index contributed by atoms with van der Waals surface area (Å²) in [5.41, 5.74) is 1.92. The topological polar surface area (TPSA) is 115 Å². The number of benzene rings is 3. The van der Waals surface area contributed by atoms with Crippen LogP contribution in [0.25, 0.3) is 34.2 Å². The third-order valence-electron chi connectivity index (χ3n) is 8.49. The highest BCUT2D eigenvalue weighted by molar-refractivity contribution is 5.90. The highest BCUT2D eigenvalue weighted by atomic mass is 16.5. The Labute approximate surface area is 279 Å². The number of aromatic nitrogens is 3. The average Bonchev–Trinajstić information content (AvgIpc) is 3.10. The minimum Gasteiger partial charge on any atom is -0.507 e. The van der Waals surface area contributed by atoms with Gasteiger partial charge in [-0.05, 0) is 55.2 Å². The molecule has 0 amide bonds. The van der Waals surface area contributed by atoms with E-state index in [9.17, 15) is 15.0 Å². The maximum atomic E-state index is 13.1. The predicted octanol–water partition coefficient (Wildman–Crippen LogP) is 9.79. The Morgan fingerprint density at radius 1 is 0.681 bits per heavy atom. The van der Waals surface area contributed by atoms with Gasteiger partial charge in [-0.25, -0.2) is 19.7 Å². The Kier molecular flexibility index (Phi) is 14.0. The van der Waals surface area contributed by atoms with E-state index in [-0.39, 0.29) is 29.1 Å². The standard InChI is InChI=1S/C39H49N3O5/c1-4-6-8-10-11-13-17-28(16-12-9-7-5-2)27-47-39(45)30-22-20-29(21-23-30)36-40-37(32-18-14-15-19-34(32)43)42-38(41-36)33-25-24-31(46-3)26-35(33)44/h14-15,18-26,28,43-44H,4-13,16-17,27H2,1-3H3. The third kappa shape index (κ3) is 10.5. The first-order chi connectivity index (χ1) is 22.9. The summed E-state index contributed by atoms with van der Waals surface area (Å²) in [5.74, 6) is 1.31. The number of nitrogens with zero attached hydrogens (tertiary/aromatic N) is 3. The third-order valence-corrected chi connectivity index (χ3v) is 8.49. The molecule has 0 spiro atoms. The monoisotopic (exact) mass is 639 g/mol. The molecule has 1 unspecified atom stereocenters. The molecule has 0 radical (unpaired) electrons. The van der Waals surface area contributed by atoms with Crippen molar-refractivity contribution >= 4 is 5.97 Å².